The molecule has 0 heterocycles. The number of rotatable bonds is 12. The number of carbonyl (C=O) groups is 2. The Morgan fingerprint density at radius 2 is 1.41 bits per heavy atom. The van der Waals surface area contributed by atoms with Gasteiger partial charge in [0.2, 0.25) is 5.91 Å². The van der Waals surface area contributed by atoms with Crippen molar-refractivity contribution in [2.75, 3.05) is 33.1 Å². The van der Waals surface area contributed by atoms with Gasteiger partial charge in [0.1, 0.15) is 19.4 Å². The molecular formula is C23H31N2O6P. The maximum absolute atomic E-state index is 13.1. The van der Waals surface area contributed by atoms with E-state index >= 15 is 0 Å². The average molecular weight is 462 g/mol. The average Bonchev–Trinajstić information content (AvgIpc) is 2.78. The Balaban J connectivity index is 2.06. The lowest BCUT2D eigenvalue weighted by Crippen LogP contribution is -2.41. The number of hydrogen-bond acceptors (Lipinski definition) is 6. The summed E-state index contributed by atoms with van der Waals surface area (Å²) in [6.45, 7) is 3.88. The van der Waals surface area contributed by atoms with Crippen molar-refractivity contribution in [3.05, 3.63) is 71.8 Å². The summed E-state index contributed by atoms with van der Waals surface area (Å²) in [5.41, 5.74) is 1.70. The Hall–Kier alpha value is -2.67. The second-order valence-electron chi connectivity index (χ2n) is 7.06. The summed E-state index contributed by atoms with van der Waals surface area (Å²) >= 11 is 0. The van der Waals surface area contributed by atoms with E-state index in [1.54, 1.807) is 13.8 Å². The first-order valence-corrected chi connectivity index (χ1v) is 12.2. The highest BCUT2D eigenvalue weighted by Crippen LogP contribution is 2.48. The molecular weight excluding hydrogens is 431 g/mol. The zero-order valence-electron chi connectivity index (χ0n) is 18.8. The van der Waals surface area contributed by atoms with Crippen LogP contribution in [-0.4, -0.2) is 54.9 Å². The molecule has 0 aliphatic carbocycles. The number of hydrogen-bond donors (Lipinski definition) is 0. The van der Waals surface area contributed by atoms with Crippen molar-refractivity contribution in [1.29, 1.82) is 0 Å². The minimum atomic E-state index is -3.52. The van der Waals surface area contributed by atoms with Crippen molar-refractivity contribution >= 4 is 19.6 Å². The van der Waals surface area contributed by atoms with Gasteiger partial charge < -0.3 is 23.6 Å². The van der Waals surface area contributed by atoms with Crippen LogP contribution in [0.5, 0.6) is 0 Å². The topological polar surface area (TPSA) is 85.4 Å². The van der Waals surface area contributed by atoms with Crippen molar-refractivity contribution in [2.45, 2.75) is 27.0 Å². The van der Waals surface area contributed by atoms with Crippen LogP contribution in [0.15, 0.2) is 60.7 Å². The third kappa shape index (κ3) is 8.46. The molecule has 32 heavy (non-hydrogen) atoms. The van der Waals surface area contributed by atoms with Crippen LogP contribution in [0.4, 0.5) is 4.79 Å². The third-order valence-electron chi connectivity index (χ3n) is 4.45. The molecule has 9 heteroatoms. The molecule has 8 nitrogen and oxygen atoms in total. The van der Waals surface area contributed by atoms with Crippen molar-refractivity contribution in [3.8, 4) is 0 Å². The second-order valence-corrected chi connectivity index (χ2v) is 9.08. The van der Waals surface area contributed by atoms with Gasteiger partial charge in [-0.2, -0.15) is 0 Å². The van der Waals surface area contributed by atoms with E-state index in [4.69, 9.17) is 13.8 Å². The third-order valence-corrected chi connectivity index (χ3v) is 6.44. The number of benzene rings is 2. The van der Waals surface area contributed by atoms with E-state index in [9.17, 15) is 14.2 Å². The molecule has 0 aromatic heterocycles. The SMILES string of the molecule is CCOP(=O)(CN(Cc1ccccc1)C(=O)CN(C)C(=O)OCc1ccccc1)OCC. The normalized spacial score (nSPS) is 11.1. The van der Waals surface area contributed by atoms with Gasteiger partial charge in [0.05, 0.1) is 13.2 Å². The van der Waals surface area contributed by atoms with Crippen LogP contribution >= 0.6 is 7.60 Å². The summed E-state index contributed by atoms with van der Waals surface area (Å²) < 4.78 is 29.1. The fourth-order valence-electron chi connectivity index (χ4n) is 2.94. The van der Waals surface area contributed by atoms with Gasteiger partial charge in [-0.15, -0.1) is 0 Å². The Bertz CT molecular complexity index is 884. The number of amides is 2. The van der Waals surface area contributed by atoms with Gasteiger partial charge in [-0.1, -0.05) is 60.7 Å². The first-order valence-electron chi connectivity index (χ1n) is 10.5. The molecule has 0 bridgehead atoms. The first-order chi connectivity index (χ1) is 15.4. The molecule has 2 amide bonds. The number of carbonyl (C=O) groups excluding carboxylic acids is 2. The summed E-state index contributed by atoms with van der Waals surface area (Å²) in [5, 5.41) is 0. The minimum Gasteiger partial charge on any atom is -0.445 e. The van der Waals surface area contributed by atoms with E-state index in [2.05, 4.69) is 0 Å². The molecule has 0 spiro atoms. The summed E-state index contributed by atoms with van der Waals surface area (Å²) in [7, 11) is -2.03. The lowest BCUT2D eigenvalue weighted by atomic mass is 10.2. The molecule has 2 aromatic carbocycles. The lowest BCUT2D eigenvalue weighted by Gasteiger charge is -2.28. The number of ether oxygens (including phenoxy) is 1. The molecule has 0 fully saturated rings. The van der Waals surface area contributed by atoms with Crippen LogP contribution in [-0.2, 0) is 36.3 Å². The zero-order valence-corrected chi connectivity index (χ0v) is 19.7. The second kappa shape index (κ2) is 13.0. The predicted molar refractivity (Wildman–Crippen MR) is 122 cm³/mol. The Morgan fingerprint density at radius 3 is 1.94 bits per heavy atom. The molecule has 0 aliphatic heterocycles. The van der Waals surface area contributed by atoms with Crippen LogP contribution in [0, 0.1) is 0 Å². The Kier molecular flexibility index (Phi) is 10.4. The quantitative estimate of drug-likeness (QED) is 0.432. The predicted octanol–water partition coefficient (Wildman–Crippen LogP) is 4.51. The molecule has 0 N–H and O–H groups in total. The summed E-state index contributed by atoms with van der Waals surface area (Å²) in [4.78, 5) is 28.0. The highest BCUT2D eigenvalue weighted by atomic mass is 31.2. The molecule has 0 aliphatic rings. The molecule has 174 valence electrons. The van der Waals surface area contributed by atoms with E-state index in [0.29, 0.717) is 0 Å². The fourth-order valence-corrected chi connectivity index (χ4v) is 4.64. The van der Waals surface area contributed by atoms with Crippen molar-refractivity contribution in [2.24, 2.45) is 0 Å². The van der Waals surface area contributed by atoms with Gasteiger partial charge in [-0.25, -0.2) is 4.79 Å². The Labute approximate surface area is 189 Å². The van der Waals surface area contributed by atoms with Gasteiger partial charge in [0.25, 0.3) is 0 Å². The summed E-state index contributed by atoms with van der Waals surface area (Å²) in [6.07, 6.45) is -0.838. The van der Waals surface area contributed by atoms with Crippen LogP contribution in [0.2, 0.25) is 0 Å². The van der Waals surface area contributed by atoms with E-state index in [1.807, 2.05) is 60.7 Å². The summed E-state index contributed by atoms with van der Waals surface area (Å²) in [6, 6.07) is 18.6. The minimum absolute atomic E-state index is 0.107. The van der Waals surface area contributed by atoms with Gasteiger partial charge in [0.15, 0.2) is 0 Å². The molecule has 0 atom stereocenters. The van der Waals surface area contributed by atoms with Gasteiger partial charge in [0, 0.05) is 13.6 Å². The molecule has 2 aromatic rings. The van der Waals surface area contributed by atoms with Crippen molar-refractivity contribution in [1.82, 2.24) is 9.80 Å². The van der Waals surface area contributed by atoms with E-state index in [-0.39, 0.29) is 39.2 Å². The first kappa shape index (κ1) is 25.6. The standard InChI is InChI=1S/C23H31N2O6P/c1-4-30-32(28,31-5-2)19-25(16-20-12-8-6-9-13-20)22(26)17-24(3)23(27)29-18-21-14-10-7-11-15-21/h6-15H,4-5,16-19H2,1-3H3. The van der Waals surface area contributed by atoms with E-state index in [0.717, 1.165) is 11.1 Å². The van der Waals surface area contributed by atoms with Gasteiger partial charge in [-0.3, -0.25) is 9.36 Å². The monoisotopic (exact) mass is 462 g/mol. The van der Waals surface area contributed by atoms with Crippen molar-refractivity contribution in [3.63, 3.8) is 0 Å². The Morgan fingerprint density at radius 1 is 0.875 bits per heavy atom. The van der Waals surface area contributed by atoms with Gasteiger partial charge >= 0.3 is 13.7 Å². The summed E-state index contributed by atoms with van der Waals surface area (Å²) in [5.74, 6) is -0.396. The van der Waals surface area contributed by atoms with Crippen LogP contribution < -0.4 is 0 Å². The van der Waals surface area contributed by atoms with Crippen LogP contribution in [0.1, 0.15) is 25.0 Å². The highest BCUT2D eigenvalue weighted by molar-refractivity contribution is 7.53. The molecule has 0 radical (unpaired) electrons. The molecule has 0 saturated heterocycles. The fraction of sp³-hybridized carbons (Fsp3) is 0.391. The van der Waals surface area contributed by atoms with E-state index < -0.39 is 19.6 Å². The highest BCUT2D eigenvalue weighted by Gasteiger charge is 2.31. The molecule has 0 unspecified atom stereocenters. The molecule has 2 rings (SSSR count). The van der Waals surface area contributed by atoms with Gasteiger partial charge in [-0.05, 0) is 25.0 Å². The largest absolute Gasteiger partial charge is 0.445 e. The number of nitrogens with zero attached hydrogens (tertiary/aromatic N) is 2. The van der Waals surface area contributed by atoms with Crippen LogP contribution in [0.25, 0.3) is 0 Å². The van der Waals surface area contributed by atoms with Crippen LogP contribution in [0.3, 0.4) is 0 Å². The molecule has 0 saturated carbocycles. The smallest absolute Gasteiger partial charge is 0.410 e. The van der Waals surface area contributed by atoms with E-state index in [1.165, 1.54) is 16.8 Å². The number of likely N-dealkylation sites (N-methyl/N-ethyl adjacent to an activating group) is 1. The maximum Gasteiger partial charge on any atom is 0.410 e. The van der Waals surface area contributed by atoms with Crippen molar-refractivity contribution < 1.29 is 27.9 Å². The lowest BCUT2D eigenvalue weighted by molar-refractivity contribution is -0.131. The zero-order chi connectivity index (χ0) is 23.4. The maximum atomic E-state index is 13.1.